The zero-order valence-corrected chi connectivity index (χ0v) is 22.2. The highest BCUT2D eigenvalue weighted by Crippen LogP contribution is 2.51. The maximum atomic E-state index is 12.8. The molecular formula is C21H20BrN2O7S3+. The second-order valence-corrected chi connectivity index (χ2v) is 14.4. The van der Waals surface area contributed by atoms with Crippen LogP contribution >= 0.6 is 27.3 Å². The van der Waals surface area contributed by atoms with Crippen molar-refractivity contribution < 1.29 is 31.1 Å². The Hall–Kier alpha value is -2.45. The summed E-state index contributed by atoms with van der Waals surface area (Å²) in [5.41, 5.74) is 6.83. The van der Waals surface area contributed by atoms with E-state index in [2.05, 4.69) is 15.9 Å². The molecule has 1 unspecified atom stereocenters. The molecule has 2 heterocycles. The van der Waals surface area contributed by atoms with Crippen LogP contribution in [0.15, 0.2) is 52.3 Å². The molecule has 2 N–H and O–H groups in total. The van der Waals surface area contributed by atoms with Gasteiger partial charge < -0.3 is 15.2 Å². The van der Waals surface area contributed by atoms with Crippen LogP contribution in [0.2, 0.25) is 0 Å². The number of hydrogen-bond donors (Lipinski definition) is 1. The average molecular weight is 589 g/mol. The molecule has 9 nitrogen and oxygen atoms in total. The summed E-state index contributed by atoms with van der Waals surface area (Å²) in [4.78, 5) is 13.3. The first-order valence-corrected chi connectivity index (χ1v) is 15.0. The Morgan fingerprint density at radius 3 is 2.29 bits per heavy atom. The number of urea groups is 1. The normalized spacial score (nSPS) is 15.7. The van der Waals surface area contributed by atoms with Crippen LogP contribution in [0.4, 0.5) is 10.5 Å². The molecule has 0 saturated heterocycles. The lowest BCUT2D eigenvalue weighted by Gasteiger charge is -2.32. The molecule has 1 aliphatic heterocycles. The van der Waals surface area contributed by atoms with Gasteiger partial charge in [0.2, 0.25) is 0 Å². The number of ether oxygens (including phenoxy) is 2. The van der Waals surface area contributed by atoms with Crippen molar-refractivity contribution in [3.8, 4) is 22.6 Å². The van der Waals surface area contributed by atoms with E-state index in [1.807, 2.05) is 12.1 Å². The van der Waals surface area contributed by atoms with Gasteiger partial charge in [0, 0.05) is 17.7 Å². The highest BCUT2D eigenvalue weighted by atomic mass is 79.9. The second kappa shape index (κ2) is 8.34. The maximum Gasteiger partial charge on any atom is 0.450 e. The van der Waals surface area contributed by atoms with E-state index in [-0.39, 0.29) is 5.69 Å². The van der Waals surface area contributed by atoms with Crippen molar-refractivity contribution >= 4 is 59.0 Å². The molecule has 1 aliphatic rings. The third kappa shape index (κ3) is 3.62. The Bertz CT molecular complexity index is 1500. The molecule has 0 bridgehead atoms. The lowest BCUT2D eigenvalue weighted by molar-refractivity contribution is 0.242. The van der Waals surface area contributed by atoms with E-state index in [1.54, 1.807) is 24.3 Å². The van der Waals surface area contributed by atoms with Crippen molar-refractivity contribution in [2.45, 2.75) is 6.10 Å². The van der Waals surface area contributed by atoms with Gasteiger partial charge in [-0.3, -0.25) is 0 Å². The lowest BCUT2D eigenvalue weighted by atomic mass is 9.91. The number of hydrogen-bond acceptors (Lipinski definition) is 8. The van der Waals surface area contributed by atoms with Crippen LogP contribution in [0.3, 0.4) is 0 Å². The number of thiophene rings is 1. The fourth-order valence-electron chi connectivity index (χ4n) is 4.18. The molecule has 4 rings (SSSR count). The molecule has 2 aromatic carbocycles. The quantitative estimate of drug-likeness (QED) is 0.447. The van der Waals surface area contributed by atoms with Crippen molar-refractivity contribution in [1.29, 1.82) is 0 Å². The molecule has 180 valence electrons. The molecule has 13 heteroatoms. The molecule has 2 amide bonds. The van der Waals surface area contributed by atoms with E-state index < -0.39 is 35.5 Å². The van der Waals surface area contributed by atoms with Crippen molar-refractivity contribution in [1.82, 2.24) is 3.29 Å². The molecule has 0 radical (unpaired) electrons. The zero-order chi connectivity index (χ0) is 25.1. The van der Waals surface area contributed by atoms with Gasteiger partial charge in [-0.05, 0) is 55.1 Å². The van der Waals surface area contributed by atoms with Crippen molar-refractivity contribution in [2.24, 2.45) is 5.73 Å². The maximum absolute atomic E-state index is 12.8. The fourth-order valence-corrected chi connectivity index (χ4v) is 9.26. The van der Waals surface area contributed by atoms with Crippen molar-refractivity contribution in [3.05, 3.63) is 62.8 Å². The molecule has 0 aliphatic carbocycles. The van der Waals surface area contributed by atoms with Crippen LogP contribution in [0.1, 0.15) is 16.5 Å². The zero-order valence-electron chi connectivity index (χ0n) is 18.2. The van der Waals surface area contributed by atoms with E-state index in [1.165, 1.54) is 30.6 Å². The Labute approximate surface area is 209 Å². The van der Waals surface area contributed by atoms with Gasteiger partial charge in [-0.15, -0.1) is 11.3 Å². The van der Waals surface area contributed by atoms with Crippen LogP contribution in [0.25, 0.3) is 11.1 Å². The second-order valence-electron chi connectivity index (χ2n) is 7.60. The van der Waals surface area contributed by atoms with Crippen LogP contribution < -0.4 is 18.5 Å². The third-order valence-corrected chi connectivity index (χ3v) is 11.4. The molecule has 3 aromatic rings. The van der Waals surface area contributed by atoms with Gasteiger partial charge >= 0.3 is 26.1 Å². The SMILES string of the molecule is COc1cccc2c1-c1ccc([N+](C(N)=O)(S(C)(=O)=O)S(C)(=O)=O)cc1C(c1ccc(Br)s1)O2. The smallest absolute Gasteiger partial charge is 0.450 e. The monoisotopic (exact) mass is 587 g/mol. The summed E-state index contributed by atoms with van der Waals surface area (Å²) < 4.78 is 61.8. The van der Waals surface area contributed by atoms with Crippen molar-refractivity contribution in [3.63, 3.8) is 0 Å². The Morgan fingerprint density at radius 2 is 1.76 bits per heavy atom. The van der Waals surface area contributed by atoms with Gasteiger partial charge in [0.05, 0.1) is 33.8 Å². The van der Waals surface area contributed by atoms with E-state index in [4.69, 9.17) is 15.2 Å². The summed E-state index contributed by atoms with van der Waals surface area (Å²) in [6, 6.07) is 11.6. The fraction of sp³-hybridized carbons (Fsp3) is 0.190. The summed E-state index contributed by atoms with van der Waals surface area (Å²) in [6.07, 6.45) is 0.599. The number of sulfonamides is 2. The lowest BCUT2D eigenvalue weighted by Crippen LogP contribution is -2.63. The largest absolute Gasteiger partial charge is 0.496 e. The molecule has 34 heavy (non-hydrogen) atoms. The summed E-state index contributed by atoms with van der Waals surface area (Å²) >= 11 is 4.83. The highest BCUT2D eigenvalue weighted by Gasteiger charge is 2.57. The predicted molar refractivity (Wildman–Crippen MR) is 134 cm³/mol. The van der Waals surface area contributed by atoms with Crippen LogP contribution in [0.5, 0.6) is 11.5 Å². The molecular weight excluding hydrogens is 568 g/mol. The summed E-state index contributed by atoms with van der Waals surface area (Å²) in [5, 5.41) is 0. The highest BCUT2D eigenvalue weighted by molar-refractivity contribution is 9.11. The Balaban J connectivity index is 2.10. The number of benzene rings is 2. The number of carbonyl (C=O) groups excluding carboxylic acids is 1. The Morgan fingerprint density at radius 1 is 1.09 bits per heavy atom. The number of quaternary nitrogens is 1. The van der Waals surface area contributed by atoms with Gasteiger partial charge in [0.15, 0.2) is 11.8 Å². The summed E-state index contributed by atoms with van der Waals surface area (Å²) in [7, 11) is -7.71. The van der Waals surface area contributed by atoms with Gasteiger partial charge in [-0.1, -0.05) is 6.07 Å². The first kappa shape index (κ1) is 24.7. The standard InChI is InChI=1S/C21H19BrN2O7S3/c1-30-15-5-4-6-16-19(15)13-8-7-12(24(21(23)25,33(2,26)27)34(3,28)29)11-14(13)20(31-16)17-9-10-18(22)32-17/h4-11,20H,1-3H3,(H-,23,25)/p+1. The number of carbonyl (C=O) groups is 1. The molecule has 0 spiro atoms. The van der Waals surface area contributed by atoms with E-state index in [9.17, 15) is 21.6 Å². The molecule has 0 fully saturated rings. The van der Waals surface area contributed by atoms with Crippen molar-refractivity contribution in [2.75, 3.05) is 19.6 Å². The topological polar surface area (TPSA) is 130 Å². The van der Waals surface area contributed by atoms with Gasteiger partial charge in [-0.2, -0.15) is 16.8 Å². The van der Waals surface area contributed by atoms with E-state index >= 15 is 0 Å². The Kier molecular flexibility index (Phi) is 6.05. The number of halogens is 1. The van der Waals surface area contributed by atoms with Gasteiger partial charge in [0.1, 0.15) is 11.5 Å². The molecule has 1 aromatic heterocycles. The first-order valence-electron chi connectivity index (χ1n) is 9.66. The van der Waals surface area contributed by atoms with Gasteiger partial charge in [0.25, 0.3) is 0 Å². The first-order chi connectivity index (χ1) is 15.8. The number of nitrogens with two attached hydrogens (primary N) is 1. The van der Waals surface area contributed by atoms with E-state index in [0.717, 1.165) is 8.66 Å². The number of rotatable bonds is 5. The summed E-state index contributed by atoms with van der Waals surface area (Å²) in [6.45, 7) is 0. The molecule has 1 atom stereocenters. The minimum Gasteiger partial charge on any atom is -0.496 e. The van der Waals surface area contributed by atoms with Crippen LogP contribution in [0, 0.1) is 0 Å². The molecule has 0 saturated carbocycles. The average Bonchev–Trinajstić information content (AvgIpc) is 3.16. The summed E-state index contributed by atoms with van der Waals surface area (Å²) in [5.74, 6) is 1.05. The van der Waals surface area contributed by atoms with Crippen LogP contribution in [-0.2, 0) is 20.0 Å². The van der Waals surface area contributed by atoms with Gasteiger partial charge in [-0.25, -0.2) is 4.79 Å². The number of amides is 2. The number of methoxy groups -OCH3 is 1. The number of primary amides is 1. The number of fused-ring (bicyclic) bond motifs is 3. The van der Waals surface area contributed by atoms with Crippen LogP contribution in [-0.4, -0.2) is 42.5 Å². The predicted octanol–water partition coefficient (Wildman–Crippen LogP) is 3.97. The third-order valence-electron chi connectivity index (χ3n) is 5.46. The number of nitrogens with zero attached hydrogens (tertiary/aromatic N) is 1. The minimum absolute atomic E-state index is 0.334. The minimum atomic E-state index is -4.61. The van der Waals surface area contributed by atoms with E-state index in [0.29, 0.717) is 40.7 Å².